The van der Waals surface area contributed by atoms with Crippen molar-refractivity contribution in [1.29, 1.82) is 0 Å². The van der Waals surface area contributed by atoms with Crippen LogP contribution in [0.2, 0.25) is 0 Å². The van der Waals surface area contributed by atoms with Crippen molar-refractivity contribution in [3.05, 3.63) is 51.1 Å². The van der Waals surface area contributed by atoms with E-state index in [0.29, 0.717) is 0 Å². The van der Waals surface area contributed by atoms with E-state index in [1.165, 1.54) is 29.7 Å². The third-order valence-corrected chi connectivity index (χ3v) is 6.99. The van der Waals surface area contributed by atoms with Gasteiger partial charge in [-0.2, -0.15) is 0 Å². The molecule has 25 heavy (non-hydrogen) atoms. The lowest BCUT2D eigenvalue weighted by Crippen LogP contribution is -2.22. The van der Waals surface area contributed by atoms with E-state index in [4.69, 9.17) is 4.98 Å². The van der Waals surface area contributed by atoms with Crippen LogP contribution in [0.15, 0.2) is 40.3 Å². The van der Waals surface area contributed by atoms with Gasteiger partial charge in [-0.25, -0.2) is 4.98 Å². The summed E-state index contributed by atoms with van der Waals surface area (Å²) in [4.78, 5) is 20.7. The number of benzene rings is 1. The van der Waals surface area contributed by atoms with Crippen molar-refractivity contribution in [2.24, 2.45) is 0 Å². The molecule has 0 N–H and O–H groups in total. The Bertz CT molecular complexity index is 944. The number of fused-ring (bicyclic) bond motifs is 3. The lowest BCUT2D eigenvalue weighted by atomic mass is 10.1. The van der Waals surface area contributed by atoms with Gasteiger partial charge in [-0.3, -0.25) is 9.36 Å². The van der Waals surface area contributed by atoms with Gasteiger partial charge in [0, 0.05) is 10.6 Å². The molecule has 0 bridgehead atoms. The third kappa shape index (κ3) is 3.15. The topological polar surface area (TPSA) is 34.9 Å². The molecule has 0 radical (unpaired) electrons. The van der Waals surface area contributed by atoms with Gasteiger partial charge >= 0.3 is 0 Å². The number of thioether (sulfide) groups is 1. The molecule has 1 aliphatic carbocycles. The molecule has 0 spiro atoms. The zero-order valence-corrected chi connectivity index (χ0v) is 16.1. The smallest absolute Gasteiger partial charge is 0.267 e. The molecule has 0 fully saturated rings. The van der Waals surface area contributed by atoms with E-state index in [-0.39, 0.29) is 5.56 Å². The normalized spacial score (nSPS) is 14.4. The molecular weight excluding hydrogens is 348 g/mol. The molecule has 1 aliphatic rings. The van der Waals surface area contributed by atoms with Crippen LogP contribution in [0.1, 0.15) is 43.0 Å². The molecule has 5 heteroatoms. The predicted octanol–water partition coefficient (Wildman–Crippen LogP) is 5.22. The van der Waals surface area contributed by atoms with Crippen LogP contribution >= 0.6 is 23.1 Å². The average molecular weight is 371 g/mol. The minimum absolute atomic E-state index is 0.106. The lowest BCUT2D eigenvalue weighted by Gasteiger charge is -2.12. The zero-order valence-electron chi connectivity index (χ0n) is 14.5. The first-order valence-corrected chi connectivity index (χ1v) is 10.9. The van der Waals surface area contributed by atoms with Crippen LogP contribution in [0, 0.1) is 0 Å². The second-order valence-corrected chi connectivity index (χ2v) is 8.61. The minimum Gasteiger partial charge on any atom is -0.268 e. The Morgan fingerprint density at radius 1 is 1.16 bits per heavy atom. The fourth-order valence-electron chi connectivity index (χ4n) is 3.46. The number of para-hydroxylation sites is 1. The van der Waals surface area contributed by atoms with E-state index >= 15 is 0 Å². The zero-order chi connectivity index (χ0) is 17.2. The Morgan fingerprint density at radius 3 is 2.76 bits per heavy atom. The standard InChI is InChI=1S/C20H22N2OS2/c1-2-13-24-20-21-18-17(15-11-7-4-8-12-16(15)25-18)19(23)22(20)14-9-5-3-6-10-14/h3,5-6,9-10H,2,4,7-8,11-13H2,1H3. The van der Waals surface area contributed by atoms with Gasteiger partial charge in [0.1, 0.15) is 4.83 Å². The van der Waals surface area contributed by atoms with E-state index in [9.17, 15) is 4.79 Å². The van der Waals surface area contributed by atoms with E-state index in [2.05, 4.69) is 6.92 Å². The van der Waals surface area contributed by atoms with Gasteiger partial charge in [0.25, 0.3) is 5.56 Å². The first-order chi connectivity index (χ1) is 12.3. The van der Waals surface area contributed by atoms with Crippen molar-refractivity contribution in [3.8, 4) is 5.69 Å². The molecular formula is C20H22N2OS2. The summed E-state index contributed by atoms with van der Waals surface area (Å²) in [7, 11) is 0. The van der Waals surface area contributed by atoms with Crippen LogP contribution in [-0.2, 0) is 12.8 Å². The number of hydrogen-bond donors (Lipinski definition) is 0. The van der Waals surface area contributed by atoms with Gasteiger partial charge in [-0.05, 0) is 49.8 Å². The number of rotatable bonds is 4. The van der Waals surface area contributed by atoms with Crippen LogP contribution in [-0.4, -0.2) is 15.3 Å². The summed E-state index contributed by atoms with van der Waals surface area (Å²) in [6.07, 6.45) is 6.84. The second-order valence-electron chi connectivity index (χ2n) is 6.46. The molecule has 0 unspecified atom stereocenters. The fraction of sp³-hybridized carbons (Fsp3) is 0.400. The molecule has 2 aromatic heterocycles. The molecule has 0 atom stereocenters. The Morgan fingerprint density at radius 2 is 1.96 bits per heavy atom. The maximum atomic E-state index is 13.5. The quantitative estimate of drug-likeness (QED) is 0.359. The van der Waals surface area contributed by atoms with Gasteiger partial charge in [0.05, 0.1) is 11.1 Å². The highest BCUT2D eigenvalue weighted by Crippen LogP contribution is 2.34. The summed E-state index contributed by atoms with van der Waals surface area (Å²) < 4.78 is 1.82. The molecule has 2 heterocycles. The summed E-state index contributed by atoms with van der Waals surface area (Å²) in [6, 6.07) is 9.94. The lowest BCUT2D eigenvalue weighted by molar-refractivity contribution is 0.713. The SMILES string of the molecule is CCCSc1nc2sc3c(c2c(=O)n1-c1ccccc1)CCCCC3. The number of hydrogen-bond acceptors (Lipinski definition) is 4. The van der Waals surface area contributed by atoms with E-state index in [1.807, 2.05) is 34.9 Å². The molecule has 0 amide bonds. The van der Waals surface area contributed by atoms with E-state index < -0.39 is 0 Å². The van der Waals surface area contributed by atoms with Gasteiger partial charge in [-0.15, -0.1) is 11.3 Å². The number of aromatic nitrogens is 2. The second kappa shape index (κ2) is 7.34. The number of nitrogens with zero attached hydrogens (tertiary/aromatic N) is 2. The molecule has 3 nitrogen and oxygen atoms in total. The van der Waals surface area contributed by atoms with Crippen LogP contribution in [0.4, 0.5) is 0 Å². The first kappa shape index (κ1) is 16.9. The number of thiophene rings is 1. The Balaban J connectivity index is 1.98. The van der Waals surface area contributed by atoms with E-state index in [0.717, 1.165) is 46.1 Å². The largest absolute Gasteiger partial charge is 0.268 e. The highest BCUT2D eigenvalue weighted by atomic mass is 32.2. The summed E-state index contributed by atoms with van der Waals surface area (Å²) >= 11 is 3.42. The molecule has 0 saturated heterocycles. The average Bonchev–Trinajstić information content (AvgIpc) is 2.82. The molecule has 4 rings (SSSR count). The molecule has 0 saturated carbocycles. The summed E-state index contributed by atoms with van der Waals surface area (Å²) in [5, 5.41) is 1.69. The van der Waals surface area contributed by atoms with Gasteiger partial charge in [0.2, 0.25) is 0 Å². The minimum atomic E-state index is 0.106. The fourth-order valence-corrected chi connectivity index (χ4v) is 5.63. The van der Waals surface area contributed by atoms with Crippen molar-refractivity contribution >= 4 is 33.3 Å². The Hall–Kier alpha value is -1.59. The van der Waals surface area contributed by atoms with Crippen LogP contribution in [0.25, 0.3) is 15.9 Å². The summed E-state index contributed by atoms with van der Waals surface area (Å²) in [6.45, 7) is 2.16. The Labute approximate surface area is 156 Å². The first-order valence-electron chi connectivity index (χ1n) is 9.05. The summed E-state index contributed by atoms with van der Waals surface area (Å²) in [5.74, 6) is 0.968. The maximum absolute atomic E-state index is 13.5. The van der Waals surface area contributed by atoms with Crippen molar-refractivity contribution < 1.29 is 0 Å². The van der Waals surface area contributed by atoms with Gasteiger partial charge in [0.15, 0.2) is 5.16 Å². The monoisotopic (exact) mass is 370 g/mol. The van der Waals surface area contributed by atoms with Crippen molar-refractivity contribution in [3.63, 3.8) is 0 Å². The molecule has 130 valence electrons. The third-order valence-electron chi connectivity index (χ3n) is 4.66. The van der Waals surface area contributed by atoms with Crippen molar-refractivity contribution in [2.45, 2.75) is 50.6 Å². The Kier molecular flexibility index (Phi) is 4.95. The molecule has 0 aliphatic heterocycles. The van der Waals surface area contributed by atoms with Crippen molar-refractivity contribution in [1.82, 2.24) is 9.55 Å². The number of aryl methyl sites for hydroxylation is 2. The molecule has 1 aromatic carbocycles. The van der Waals surface area contributed by atoms with Gasteiger partial charge in [-0.1, -0.05) is 43.3 Å². The van der Waals surface area contributed by atoms with Crippen LogP contribution in [0.5, 0.6) is 0 Å². The maximum Gasteiger partial charge on any atom is 0.267 e. The van der Waals surface area contributed by atoms with Crippen LogP contribution in [0.3, 0.4) is 0 Å². The predicted molar refractivity (Wildman–Crippen MR) is 107 cm³/mol. The highest BCUT2D eigenvalue weighted by molar-refractivity contribution is 7.99. The molecule has 3 aromatic rings. The van der Waals surface area contributed by atoms with Gasteiger partial charge < -0.3 is 0 Å². The highest BCUT2D eigenvalue weighted by Gasteiger charge is 2.22. The van der Waals surface area contributed by atoms with Crippen LogP contribution < -0.4 is 5.56 Å². The van der Waals surface area contributed by atoms with E-state index in [1.54, 1.807) is 23.1 Å². The summed E-state index contributed by atoms with van der Waals surface area (Å²) in [5.41, 5.74) is 2.29. The van der Waals surface area contributed by atoms with Crippen molar-refractivity contribution in [2.75, 3.05) is 5.75 Å².